The summed E-state index contributed by atoms with van der Waals surface area (Å²) in [4.78, 5) is 11.3. The Hall–Kier alpha value is -1.62. The number of hydrogen-bond acceptors (Lipinski definition) is 4. The van der Waals surface area contributed by atoms with Crippen molar-refractivity contribution in [2.45, 2.75) is 18.9 Å². The molecule has 18 heavy (non-hydrogen) atoms. The number of hydrogen-bond donors (Lipinski definition) is 1. The Labute approximate surface area is 104 Å². The van der Waals surface area contributed by atoms with Gasteiger partial charge in [-0.3, -0.25) is 0 Å². The van der Waals surface area contributed by atoms with E-state index < -0.39 is 17.9 Å². The van der Waals surface area contributed by atoms with E-state index in [1.165, 1.54) is 18.2 Å². The Kier molecular flexibility index (Phi) is 3.81. The first-order valence-electron chi connectivity index (χ1n) is 5.80. The monoisotopic (exact) mass is 254 g/mol. The molecule has 1 fully saturated rings. The first-order valence-corrected chi connectivity index (χ1v) is 5.80. The topological polar surface area (TPSA) is 55.8 Å². The maximum absolute atomic E-state index is 13.7. The molecule has 1 atom stereocenters. The van der Waals surface area contributed by atoms with Gasteiger partial charge >= 0.3 is 5.97 Å². The Morgan fingerprint density at radius 1 is 1.56 bits per heavy atom. The van der Waals surface area contributed by atoms with Crippen molar-refractivity contribution in [1.29, 1.82) is 0 Å². The lowest BCUT2D eigenvalue weighted by Crippen LogP contribution is -2.15. The normalized spacial score (nSPS) is 16.2. The van der Waals surface area contributed by atoms with E-state index in [2.05, 4.69) is 4.74 Å². The summed E-state index contributed by atoms with van der Waals surface area (Å²) in [5, 5.41) is 9.75. The minimum absolute atomic E-state index is 0.0673. The maximum Gasteiger partial charge on any atom is 0.339 e. The molecule has 0 amide bonds. The third-order valence-corrected chi connectivity index (χ3v) is 2.88. The lowest BCUT2D eigenvalue weighted by molar-refractivity contribution is -0.150. The van der Waals surface area contributed by atoms with Gasteiger partial charge in [0.25, 0.3) is 0 Å². The summed E-state index contributed by atoms with van der Waals surface area (Å²) >= 11 is 0. The van der Waals surface area contributed by atoms with Crippen LogP contribution in [0.3, 0.4) is 0 Å². The Morgan fingerprint density at radius 3 is 2.89 bits per heavy atom. The minimum atomic E-state index is -1.53. The van der Waals surface area contributed by atoms with Gasteiger partial charge in [-0.15, -0.1) is 0 Å². The fraction of sp³-hybridized carbons (Fsp3) is 0.462. The van der Waals surface area contributed by atoms with Crippen LogP contribution in [0.4, 0.5) is 4.39 Å². The number of benzene rings is 1. The van der Waals surface area contributed by atoms with Gasteiger partial charge in [-0.2, -0.15) is 0 Å². The third kappa shape index (κ3) is 2.79. The number of carbonyl (C=O) groups is 1. The van der Waals surface area contributed by atoms with Crippen LogP contribution >= 0.6 is 0 Å². The summed E-state index contributed by atoms with van der Waals surface area (Å²) < 4.78 is 23.5. The Morgan fingerprint density at radius 2 is 2.28 bits per heavy atom. The minimum Gasteiger partial charge on any atom is -0.490 e. The van der Waals surface area contributed by atoms with Gasteiger partial charge in [0.1, 0.15) is 0 Å². The van der Waals surface area contributed by atoms with Gasteiger partial charge in [0.05, 0.1) is 13.7 Å². The number of para-hydroxylation sites is 1. The highest BCUT2D eigenvalue weighted by Gasteiger charge is 2.27. The van der Waals surface area contributed by atoms with Crippen LogP contribution in [0.25, 0.3) is 0 Å². The van der Waals surface area contributed by atoms with Crippen molar-refractivity contribution < 1.29 is 23.8 Å². The molecule has 1 aliphatic rings. The van der Waals surface area contributed by atoms with E-state index in [4.69, 9.17) is 4.74 Å². The number of methoxy groups -OCH3 is 1. The molecule has 1 aromatic rings. The van der Waals surface area contributed by atoms with E-state index in [1.54, 1.807) is 0 Å². The Bertz CT molecular complexity index is 443. The number of aliphatic hydroxyl groups excluding tert-OH is 1. The zero-order valence-corrected chi connectivity index (χ0v) is 10.1. The number of rotatable bonds is 5. The molecular formula is C13H15FO4. The van der Waals surface area contributed by atoms with Gasteiger partial charge < -0.3 is 14.6 Å². The van der Waals surface area contributed by atoms with E-state index in [0.717, 1.165) is 20.0 Å². The van der Waals surface area contributed by atoms with E-state index >= 15 is 0 Å². The van der Waals surface area contributed by atoms with Crippen molar-refractivity contribution >= 4 is 5.97 Å². The van der Waals surface area contributed by atoms with Gasteiger partial charge in [0, 0.05) is 5.56 Å². The highest BCUT2D eigenvalue weighted by Crippen LogP contribution is 2.33. The fourth-order valence-electron chi connectivity index (χ4n) is 1.62. The molecule has 1 aromatic carbocycles. The lowest BCUT2D eigenvalue weighted by atomic mass is 10.1. The first kappa shape index (κ1) is 12.8. The SMILES string of the molecule is COC(=O)C(O)c1cccc(F)c1OCC1CC1. The molecule has 0 heterocycles. The molecule has 1 unspecified atom stereocenters. The largest absolute Gasteiger partial charge is 0.490 e. The van der Waals surface area contributed by atoms with E-state index in [-0.39, 0.29) is 11.3 Å². The third-order valence-electron chi connectivity index (χ3n) is 2.88. The summed E-state index contributed by atoms with van der Waals surface area (Å²) in [6, 6.07) is 4.10. The van der Waals surface area contributed by atoms with Crippen molar-refractivity contribution in [2.24, 2.45) is 5.92 Å². The molecule has 0 aliphatic heterocycles. The van der Waals surface area contributed by atoms with Crippen LogP contribution < -0.4 is 4.74 Å². The van der Waals surface area contributed by atoms with Crippen LogP contribution in [0.15, 0.2) is 18.2 Å². The highest BCUT2D eigenvalue weighted by molar-refractivity contribution is 5.77. The zero-order valence-electron chi connectivity index (χ0n) is 10.1. The van der Waals surface area contributed by atoms with Crippen LogP contribution in [0.1, 0.15) is 24.5 Å². The Balaban J connectivity index is 2.21. The van der Waals surface area contributed by atoms with Crippen LogP contribution in [0, 0.1) is 11.7 Å². The number of ether oxygens (including phenoxy) is 2. The first-order chi connectivity index (χ1) is 8.63. The summed E-state index contributed by atoms with van der Waals surface area (Å²) in [5.41, 5.74) is 0.0995. The second-order valence-electron chi connectivity index (χ2n) is 4.34. The molecule has 0 aromatic heterocycles. The average molecular weight is 254 g/mol. The number of aliphatic hydroxyl groups is 1. The summed E-state index contributed by atoms with van der Waals surface area (Å²) in [6.07, 6.45) is 0.618. The van der Waals surface area contributed by atoms with Crippen LogP contribution in [0.2, 0.25) is 0 Å². The molecule has 1 aliphatic carbocycles. The van der Waals surface area contributed by atoms with Gasteiger partial charge in [0.2, 0.25) is 0 Å². The molecule has 5 heteroatoms. The zero-order chi connectivity index (χ0) is 13.1. The molecule has 1 N–H and O–H groups in total. The van der Waals surface area contributed by atoms with E-state index in [1.807, 2.05) is 0 Å². The summed E-state index contributed by atoms with van der Waals surface area (Å²) in [7, 11) is 1.16. The molecule has 0 bridgehead atoms. The molecule has 4 nitrogen and oxygen atoms in total. The molecule has 98 valence electrons. The maximum atomic E-state index is 13.7. The van der Waals surface area contributed by atoms with E-state index in [9.17, 15) is 14.3 Å². The quantitative estimate of drug-likeness (QED) is 0.814. The highest BCUT2D eigenvalue weighted by atomic mass is 19.1. The smallest absolute Gasteiger partial charge is 0.339 e. The fourth-order valence-corrected chi connectivity index (χ4v) is 1.62. The summed E-state index contributed by atoms with van der Waals surface area (Å²) in [6.45, 7) is 0.405. The predicted molar refractivity (Wildman–Crippen MR) is 61.6 cm³/mol. The van der Waals surface area contributed by atoms with Gasteiger partial charge in [-0.1, -0.05) is 12.1 Å². The standard InChI is InChI=1S/C13H15FO4/c1-17-13(16)11(15)9-3-2-4-10(14)12(9)18-7-8-5-6-8/h2-4,8,11,15H,5-7H2,1H3. The molecule has 0 spiro atoms. The van der Waals surface area contributed by atoms with Crippen LogP contribution in [0.5, 0.6) is 5.75 Å². The van der Waals surface area contributed by atoms with Crippen molar-refractivity contribution in [3.8, 4) is 5.75 Å². The van der Waals surface area contributed by atoms with Crippen LogP contribution in [-0.4, -0.2) is 24.8 Å². The molecule has 0 radical (unpaired) electrons. The van der Waals surface area contributed by atoms with Crippen LogP contribution in [-0.2, 0) is 9.53 Å². The van der Waals surface area contributed by atoms with Crippen molar-refractivity contribution in [2.75, 3.05) is 13.7 Å². The van der Waals surface area contributed by atoms with Crippen molar-refractivity contribution in [3.05, 3.63) is 29.6 Å². The molecular weight excluding hydrogens is 239 g/mol. The average Bonchev–Trinajstić information content (AvgIpc) is 3.19. The number of carbonyl (C=O) groups excluding carboxylic acids is 1. The van der Waals surface area contributed by atoms with Gasteiger partial charge in [-0.25, -0.2) is 9.18 Å². The molecule has 0 saturated heterocycles. The lowest BCUT2D eigenvalue weighted by Gasteiger charge is -2.15. The van der Waals surface area contributed by atoms with E-state index in [0.29, 0.717) is 12.5 Å². The second kappa shape index (κ2) is 5.35. The molecule has 2 rings (SSSR count). The van der Waals surface area contributed by atoms with Gasteiger partial charge in [0.15, 0.2) is 17.7 Å². The number of esters is 1. The van der Waals surface area contributed by atoms with Gasteiger partial charge in [-0.05, 0) is 24.8 Å². The molecule has 1 saturated carbocycles. The second-order valence-corrected chi connectivity index (χ2v) is 4.34. The van der Waals surface area contributed by atoms with Crippen molar-refractivity contribution in [3.63, 3.8) is 0 Å². The van der Waals surface area contributed by atoms with Crippen molar-refractivity contribution in [1.82, 2.24) is 0 Å². The number of halogens is 1. The predicted octanol–water partition coefficient (Wildman–Crippen LogP) is 1.82. The summed E-state index contributed by atoms with van der Waals surface area (Å²) in [5.74, 6) is -1.04.